The number of benzene rings is 2. The zero-order valence-electron chi connectivity index (χ0n) is 17.3. The van der Waals surface area contributed by atoms with Gasteiger partial charge in [-0.3, -0.25) is 14.5 Å². The van der Waals surface area contributed by atoms with E-state index in [0.717, 1.165) is 10.0 Å². The van der Waals surface area contributed by atoms with E-state index in [4.69, 9.17) is 11.6 Å². The largest absolute Gasteiger partial charge is 0.390 e. The van der Waals surface area contributed by atoms with Crippen LogP contribution in [0.1, 0.15) is 26.3 Å². The summed E-state index contributed by atoms with van der Waals surface area (Å²) >= 11 is 9.37. The van der Waals surface area contributed by atoms with Crippen molar-refractivity contribution in [1.82, 2.24) is 14.7 Å². The molecule has 0 unspecified atom stereocenters. The van der Waals surface area contributed by atoms with Crippen molar-refractivity contribution in [1.29, 1.82) is 0 Å². The normalized spacial score (nSPS) is 22.1. The molecule has 2 aliphatic rings. The summed E-state index contributed by atoms with van der Waals surface area (Å²) in [4.78, 5) is 31.4. The topological polar surface area (TPSA) is 64.1 Å². The number of aliphatic hydroxyl groups is 1. The minimum absolute atomic E-state index is 0.00861. The van der Waals surface area contributed by atoms with Crippen LogP contribution >= 0.6 is 27.5 Å². The Hall–Kier alpha value is -1.93. The maximum absolute atomic E-state index is 12.9. The van der Waals surface area contributed by atoms with Crippen LogP contribution in [0.4, 0.5) is 0 Å². The van der Waals surface area contributed by atoms with Gasteiger partial charge in [-0.2, -0.15) is 0 Å². The number of aliphatic hydroxyl groups excluding tert-OH is 1. The zero-order valence-corrected chi connectivity index (χ0v) is 19.6. The fraction of sp³-hybridized carbons (Fsp3) is 0.391. The highest BCUT2D eigenvalue weighted by atomic mass is 79.9. The second kappa shape index (κ2) is 9.28. The van der Waals surface area contributed by atoms with Crippen molar-refractivity contribution in [2.24, 2.45) is 0 Å². The van der Waals surface area contributed by atoms with E-state index < -0.39 is 6.10 Å². The van der Waals surface area contributed by atoms with E-state index >= 15 is 0 Å². The molecule has 0 aromatic heterocycles. The number of carbonyl (C=O) groups excluding carboxylic acids is 2. The number of hydrogen-bond donors (Lipinski definition) is 1. The van der Waals surface area contributed by atoms with E-state index in [-0.39, 0.29) is 17.9 Å². The Morgan fingerprint density at radius 1 is 0.935 bits per heavy atom. The average Bonchev–Trinajstić information content (AvgIpc) is 3.17. The lowest BCUT2D eigenvalue weighted by atomic mass is 10.1. The second-order valence-electron chi connectivity index (χ2n) is 8.14. The highest BCUT2D eigenvalue weighted by Crippen LogP contribution is 2.23. The molecule has 2 fully saturated rings. The number of halogens is 2. The van der Waals surface area contributed by atoms with E-state index in [0.29, 0.717) is 55.4 Å². The highest BCUT2D eigenvalue weighted by molar-refractivity contribution is 9.10. The van der Waals surface area contributed by atoms with Crippen LogP contribution in [0.2, 0.25) is 5.02 Å². The van der Waals surface area contributed by atoms with Crippen LogP contribution < -0.4 is 0 Å². The molecule has 2 amide bonds. The number of rotatable bonds is 3. The third-order valence-electron chi connectivity index (χ3n) is 6.11. The van der Waals surface area contributed by atoms with Gasteiger partial charge < -0.3 is 14.9 Å². The van der Waals surface area contributed by atoms with E-state index in [2.05, 4.69) is 20.8 Å². The van der Waals surface area contributed by atoms with Crippen molar-refractivity contribution in [3.63, 3.8) is 0 Å². The third kappa shape index (κ3) is 4.80. The van der Waals surface area contributed by atoms with E-state index in [9.17, 15) is 14.7 Å². The lowest BCUT2D eigenvalue weighted by Gasteiger charge is -2.38. The molecule has 0 saturated carbocycles. The maximum atomic E-state index is 12.9. The minimum atomic E-state index is -0.598. The molecular weight excluding hydrogens is 482 g/mol. The van der Waals surface area contributed by atoms with Gasteiger partial charge in [0, 0.05) is 59.9 Å². The van der Waals surface area contributed by atoms with E-state index in [1.54, 1.807) is 35.2 Å². The Kier molecular flexibility index (Phi) is 6.67. The van der Waals surface area contributed by atoms with Crippen LogP contribution in [0.5, 0.6) is 0 Å². The van der Waals surface area contributed by atoms with E-state index in [1.807, 2.05) is 24.0 Å². The summed E-state index contributed by atoms with van der Waals surface area (Å²) < 4.78 is 0.967. The lowest BCUT2D eigenvalue weighted by Crippen LogP contribution is -2.54. The standard InChI is InChI=1S/C23H25BrClN3O3/c1-15-12-17(4-7-19(15)24)23(31)28-13-20(21(29)14-28)26-8-10-27(11-9-26)22(30)16-2-5-18(25)6-3-16/h2-7,12,20-21,29H,8-11,13-14H2,1H3/t20-,21-/m1/s1. The monoisotopic (exact) mass is 505 g/mol. The molecular formula is C23H25BrClN3O3. The molecule has 0 radical (unpaired) electrons. The Morgan fingerprint density at radius 3 is 2.19 bits per heavy atom. The molecule has 31 heavy (non-hydrogen) atoms. The first-order valence-corrected chi connectivity index (χ1v) is 11.5. The van der Waals surface area contributed by atoms with Crippen LogP contribution in [0.15, 0.2) is 46.9 Å². The summed E-state index contributed by atoms with van der Waals surface area (Å²) in [5, 5.41) is 11.3. The smallest absolute Gasteiger partial charge is 0.254 e. The Labute approximate surface area is 195 Å². The Balaban J connectivity index is 1.35. The zero-order chi connectivity index (χ0) is 22.1. The first kappa shape index (κ1) is 22.3. The van der Waals surface area contributed by atoms with Crippen molar-refractivity contribution in [3.05, 3.63) is 68.7 Å². The van der Waals surface area contributed by atoms with Crippen molar-refractivity contribution in [2.45, 2.75) is 19.1 Å². The van der Waals surface area contributed by atoms with Crippen molar-refractivity contribution in [3.8, 4) is 0 Å². The first-order valence-electron chi connectivity index (χ1n) is 10.4. The van der Waals surface area contributed by atoms with Crippen molar-refractivity contribution >= 4 is 39.3 Å². The summed E-state index contributed by atoms with van der Waals surface area (Å²) in [6.07, 6.45) is -0.598. The maximum Gasteiger partial charge on any atom is 0.254 e. The van der Waals surface area contributed by atoms with Gasteiger partial charge in [0.15, 0.2) is 0 Å². The first-order chi connectivity index (χ1) is 14.8. The van der Waals surface area contributed by atoms with Crippen LogP contribution in [0, 0.1) is 6.92 Å². The number of amides is 2. The quantitative estimate of drug-likeness (QED) is 0.695. The predicted molar refractivity (Wildman–Crippen MR) is 124 cm³/mol. The molecule has 0 bridgehead atoms. The molecule has 0 aliphatic carbocycles. The van der Waals surface area contributed by atoms with Gasteiger partial charge in [0.2, 0.25) is 0 Å². The predicted octanol–water partition coefficient (Wildman–Crippen LogP) is 3.05. The molecule has 2 aliphatic heterocycles. The van der Waals surface area contributed by atoms with Crippen LogP contribution in [0.3, 0.4) is 0 Å². The number of hydrogen-bond acceptors (Lipinski definition) is 4. The molecule has 4 rings (SSSR count). The fourth-order valence-corrected chi connectivity index (χ4v) is 4.66. The van der Waals surface area contributed by atoms with Crippen LogP contribution in [0.25, 0.3) is 0 Å². The molecule has 0 spiro atoms. The molecule has 2 atom stereocenters. The second-order valence-corrected chi connectivity index (χ2v) is 9.43. The number of likely N-dealkylation sites (tertiary alicyclic amines) is 1. The third-order valence-corrected chi connectivity index (χ3v) is 7.25. The molecule has 1 N–H and O–H groups in total. The van der Waals surface area contributed by atoms with Gasteiger partial charge in [0.05, 0.1) is 12.1 Å². The number of aryl methyl sites for hydroxylation is 1. The van der Waals surface area contributed by atoms with Gasteiger partial charge >= 0.3 is 0 Å². The summed E-state index contributed by atoms with van der Waals surface area (Å²) in [6.45, 7) is 5.27. The molecule has 164 valence electrons. The van der Waals surface area contributed by atoms with Crippen LogP contribution in [-0.2, 0) is 0 Å². The summed E-state index contributed by atoms with van der Waals surface area (Å²) in [5.74, 6) is -0.0700. The SMILES string of the molecule is Cc1cc(C(=O)N2C[C@@H](O)[C@H](N3CCN(C(=O)c4ccc(Cl)cc4)CC3)C2)ccc1Br. The molecule has 6 nitrogen and oxygen atoms in total. The van der Waals surface area contributed by atoms with Crippen LogP contribution in [-0.4, -0.2) is 83.0 Å². The molecule has 2 aromatic rings. The van der Waals surface area contributed by atoms with Gasteiger partial charge in [0.1, 0.15) is 0 Å². The van der Waals surface area contributed by atoms with Crippen molar-refractivity contribution in [2.75, 3.05) is 39.3 Å². The number of β-amino-alcohol motifs (C(OH)–C–C–N with tert-alkyl or cyclic N) is 1. The Bertz CT molecular complexity index is 977. The average molecular weight is 507 g/mol. The summed E-state index contributed by atoms with van der Waals surface area (Å²) in [6, 6.07) is 12.4. The van der Waals surface area contributed by atoms with Gasteiger partial charge in [-0.25, -0.2) is 0 Å². The minimum Gasteiger partial charge on any atom is -0.390 e. The van der Waals surface area contributed by atoms with Gasteiger partial charge in [-0.1, -0.05) is 27.5 Å². The molecule has 2 aromatic carbocycles. The van der Waals surface area contributed by atoms with Crippen molar-refractivity contribution < 1.29 is 14.7 Å². The van der Waals surface area contributed by atoms with Gasteiger partial charge in [-0.15, -0.1) is 0 Å². The van der Waals surface area contributed by atoms with Gasteiger partial charge in [-0.05, 0) is 55.0 Å². The summed E-state index contributed by atoms with van der Waals surface area (Å²) in [5.41, 5.74) is 2.26. The lowest BCUT2D eigenvalue weighted by molar-refractivity contribution is 0.0376. The molecule has 2 saturated heterocycles. The molecule has 2 heterocycles. The highest BCUT2D eigenvalue weighted by Gasteiger charge is 2.39. The molecule has 8 heteroatoms. The number of piperazine rings is 1. The number of nitrogens with zero attached hydrogens (tertiary/aromatic N) is 3. The van der Waals surface area contributed by atoms with Gasteiger partial charge in [0.25, 0.3) is 11.8 Å². The number of carbonyl (C=O) groups is 2. The summed E-state index contributed by atoms with van der Waals surface area (Å²) in [7, 11) is 0. The fourth-order valence-electron chi connectivity index (χ4n) is 4.29. The van der Waals surface area contributed by atoms with E-state index in [1.165, 1.54) is 0 Å². The Morgan fingerprint density at radius 2 is 1.55 bits per heavy atom.